The maximum atomic E-state index is 13.0. The van der Waals surface area contributed by atoms with Crippen molar-refractivity contribution in [1.29, 1.82) is 0 Å². The van der Waals surface area contributed by atoms with Crippen molar-refractivity contribution >= 4 is 11.6 Å². The fourth-order valence-corrected chi connectivity index (χ4v) is 3.50. The molecule has 1 atom stereocenters. The second-order valence-electron chi connectivity index (χ2n) is 6.83. The number of fused-ring (bicyclic) bond motifs is 1. The van der Waals surface area contributed by atoms with Crippen molar-refractivity contribution in [3.8, 4) is 0 Å². The van der Waals surface area contributed by atoms with Crippen molar-refractivity contribution < 1.29 is 4.79 Å². The third kappa shape index (κ3) is 2.31. The zero-order valence-corrected chi connectivity index (χ0v) is 13.9. The molecule has 0 bridgehead atoms. The molecule has 0 unspecified atom stereocenters. The van der Waals surface area contributed by atoms with Gasteiger partial charge in [0.2, 0.25) is 0 Å². The molecule has 4 rings (SSSR count). The van der Waals surface area contributed by atoms with Gasteiger partial charge in [0.15, 0.2) is 0 Å². The minimum absolute atomic E-state index is 0.0656. The van der Waals surface area contributed by atoms with Gasteiger partial charge in [0, 0.05) is 11.7 Å². The standard InChI is InChI=1S/C20H22N2O/c1-12-10-14(3)17(11-13(12)2)19-21-18-7-5-4-6-16(18)20(23)22(19)15-8-9-15/h4-7,10-11,15,19,21H,8-9H2,1-3H3/t19-/m0/s1. The highest BCUT2D eigenvalue weighted by Crippen LogP contribution is 2.41. The number of hydrogen-bond acceptors (Lipinski definition) is 2. The van der Waals surface area contributed by atoms with E-state index < -0.39 is 0 Å². The van der Waals surface area contributed by atoms with Gasteiger partial charge >= 0.3 is 0 Å². The predicted molar refractivity (Wildman–Crippen MR) is 92.7 cm³/mol. The fourth-order valence-electron chi connectivity index (χ4n) is 3.50. The van der Waals surface area contributed by atoms with Crippen LogP contribution in [0.2, 0.25) is 0 Å². The summed E-state index contributed by atoms with van der Waals surface area (Å²) in [6, 6.07) is 12.7. The number of benzene rings is 2. The molecule has 0 spiro atoms. The number of carbonyl (C=O) groups excluding carboxylic acids is 1. The van der Waals surface area contributed by atoms with Gasteiger partial charge in [-0.05, 0) is 68.0 Å². The van der Waals surface area contributed by atoms with Crippen molar-refractivity contribution in [2.45, 2.75) is 45.8 Å². The Hall–Kier alpha value is -2.29. The third-order valence-electron chi connectivity index (χ3n) is 5.08. The molecule has 2 aromatic carbocycles. The molecule has 1 saturated carbocycles. The van der Waals surface area contributed by atoms with Gasteiger partial charge in [-0.3, -0.25) is 4.79 Å². The number of rotatable bonds is 2. The van der Waals surface area contributed by atoms with E-state index in [9.17, 15) is 4.79 Å². The summed E-state index contributed by atoms with van der Waals surface area (Å²) >= 11 is 0. The first-order valence-electron chi connectivity index (χ1n) is 8.32. The fraction of sp³-hybridized carbons (Fsp3) is 0.350. The lowest BCUT2D eigenvalue weighted by molar-refractivity contribution is 0.0666. The molecule has 0 aromatic heterocycles. The summed E-state index contributed by atoms with van der Waals surface area (Å²) < 4.78 is 0. The molecule has 0 saturated heterocycles. The van der Waals surface area contributed by atoms with Crippen LogP contribution >= 0.6 is 0 Å². The molecular weight excluding hydrogens is 284 g/mol. The van der Waals surface area contributed by atoms with Crippen molar-refractivity contribution in [1.82, 2.24) is 4.90 Å². The number of nitrogens with one attached hydrogen (secondary N) is 1. The van der Waals surface area contributed by atoms with Crippen LogP contribution in [0.3, 0.4) is 0 Å². The second kappa shape index (κ2) is 5.12. The van der Waals surface area contributed by atoms with Crippen molar-refractivity contribution in [2.75, 3.05) is 5.32 Å². The number of nitrogens with zero attached hydrogens (tertiary/aromatic N) is 1. The number of aryl methyl sites for hydroxylation is 3. The van der Waals surface area contributed by atoms with E-state index in [0.717, 1.165) is 24.1 Å². The molecular formula is C20H22N2O. The lowest BCUT2D eigenvalue weighted by Crippen LogP contribution is -2.44. The molecule has 1 fully saturated rings. The van der Waals surface area contributed by atoms with E-state index in [0.29, 0.717) is 6.04 Å². The Bertz CT molecular complexity index is 792. The highest BCUT2D eigenvalue weighted by atomic mass is 16.2. The zero-order valence-electron chi connectivity index (χ0n) is 13.9. The van der Waals surface area contributed by atoms with Crippen molar-refractivity contribution in [3.05, 3.63) is 64.2 Å². The average Bonchev–Trinajstić information content (AvgIpc) is 3.35. The molecule has 3 nitrogen and oxygen atoms in total. The van der Waals surface area contributed by atoms with E-state index in [-0.39, 0.29) is 12.1 Å². The van der Waals surface area contributed by atoms with Gasteiger partial charge in [0.05, 0.1) is 5.56 Å². The third-order valence-corrected chi connectivity index (χ3v) is 5.08. The summed E-state index contributed by atoms with van der Waals surface area (Å²) in [5.41, 5.74) is 6.75. The topological polar surface area (TPSA) is 32.3 Å². The van der Waals surface area contributed by atoms with Crippen LogP contribution in [0.4, 0.5) is 5.69 Å². The number of amides is 1. The molecule has 1 aliphatic heterocycles. The van der Waals surface area contributed by atoms with Crippen LogP contribution in [0.25, 0.3) is 0 Å². The first-order chi connectivity index (χ1) is 11.1. The van der Waals surface area contributed by atoms with E-state index in [2.05, 4.69) is 43.1 Å². The maximum Gasteiger partial charge on any atom is 0.258 e. The molecule has 1 amide bonds. The van der Waals surface area contributed by atoms with Gasteiger partial charge < -0.3 is 10.2 Å². The monoisotopic (exact) mass is 306 g/mol. The van der Waals surface area contributed by atoms with Gasteiger partial charge in [-0.15, -0.1) is 0 Å². The molecule has 1 aliphatic carbocycles. The van der Waals surface area contributed by atoms with E-state index in [4.69, 9.17) is 0 Å². The summed E-state index contributed by atoms with van der Waals surface area (Å²) in [5, 5.41) is 3.61. The maximum absolute atomic E-state index is 13.0. The van der Waals surface area contributed by atoms with E-state index in [1.165, 1.54) is 22.3 Å². The SMILES string of the molecule is Cc1cc(C)c([C@H]2Nc3ccccc3C(=O)N2C2CC2)cc1C. The number of hydrogen-bond donors (Lipinski definition) is 1. The lowest BCUT2D eigenvalue weighted by atomic mass is 9.96. The van der Waals surface area contributed by atoms with Crippen LogP contribution in [0.1, 0.15) is 51.6 Å². The van der Waals surface area contributed by atoms with Crippen LogP contribution in [0, 0.1) is 20.8 Å². The molecule has 0 radical (unpaired) electrons. The first kappa shape index (κ1) is 14.3. The Labute approximate surface area is 137 Å². The van der Waals surface area contributed by atoms with E-state index in [1.807, 2.05) is 24.3 Å². The normalized spacial score (nSPS) is 20.2. The molecule has 23 heavy (non-hydrogen) atoms. The van der Waals surface area contributed by atoms with Crippen LogP contribution in [-0.4, -0.2) is 16.8 Å². The molecule has 1 N–H and O–H groups in total. The Kier molecular flexibility index (Phi) is 3.19. The van der Waals surface area contributed by atoms with Crippen molar-refractivity contribution in [3.63, 3.8) is 0 Å². The molecule has 118 valence electrons. The minimum atomic E-state index is -0.0656. The average molecular weight is 306 g/mol. The van der Waals surface area contributed by atoms with Gasteiger partial charge in [-0.2, -0.15) is 0 Å². The Morgan fingerprint density at radius 3 is 2.43 bits per heavy atom. The van der Waals surface area contributed by atoms with Crippen LogP contribution < -0.4 is 5.32 Å². The highest BCUT2D eigenvalue weighted by molar-refractivity contribution is 6.02. The summed E-state index contributed by atoms with van der Waals surface area (Å²) in [7, 11) is 0. The van der Waals surface area contributed by atoms with Crippen LogP contribution in [0.5, 0.6) is 0 Å². The Morgan fingerprint density at radius 1 is 1.00 bits per heavy atom. The number of carbonyl (C=O) groups is 1. The van der Waals surface area contributed by atoms with Gasteiger partial charge in [-0.25, -0.2) is 0 Å². The highest BCUT2D eigenvalue weighted by Gasteiger charge is 2.42. The summed E-state index contributed by atoms with van der Waals surface area (Å²) in [5.74, 6) is 0.157. The van der Waals surface area contributed by atoms with Crippen LogP contribution in [0.15, 0.2) is 36.4 Å². The van der Waals surface area contributed by atoms with E-state index >= 15 is 0 Å². The quantitative estimate of drug-likeness (QED) is 0.895. The van der Waals surface area contributed by atoms with E-state index in [1.54, 1.807) is 0 Å². The lowest BCUT2D eigenvalue weighted by Gasteiger charge is -2.39. The first-order valence-corrected chi connectivity index (χ1v) is 8.32. The molecule has 3 heteroatoms. The van der Waals surface area contributed by atoms with Gasteiger partial charge in [0.1, 0.15) is 6.17 Å². The van der Waals surface area contributed by atoms with Crippen molar-refractivity contribution in [2.24, 2.45) is 0 Å². The van der Waals surface area contributed by atoms with Gasteiger partial charge in [-0.1, -0.05) is 24.3 Å². The summed E-state index contributed by atoms with van der Waals surface area (Å²) in [6.07, 6.45) is 2.15. The number of para-hydroxylation sites is 1. The van der Waals surface area contributed by atoms with Gasteiger partial charge in [0.25, 0.3) is 5.91 Å². The largest absolute Gasteiger partial charge is 0.361 e. The number of anilines is 1. The summed E-state index contributed by atoms with van der Waals surface area (Å²) in [6.45, 7) is 6.41. The zero-order chi connectivity index (χ0) is 16.1. The minimum Gasteiger partial charge on any atom is -0.361 e. The predicted octanol–water partition coefficient (Wildman–Crippen LogP) is 4.34. The Morgan fingerprint density at radius 2 is 1.70 bits per heavy atom. The molecule has 2 aliphatic rings. The smallest absolute Gasteiger partial charge is 0.258 e. The molecule has 2 aromatic rings. The Balaban J connectivity index is 1.84. The second-order valence-corrected chi connectivity index (χ2v) is 6.83. The molecule has 1 heterocycles. The summed E-state index contributed by atoms with van der Waals surface area (Å²) in [4.78, 5) is 15.1. The van der Waals surface area contributed by atoms with Crippen LogP contribution in [-0.2, 0) is 0 Å².